The lowest BCUT2D eigenvalue weighted by molar-refractivity contribution is -0.121. The molecular formula is C13H25ClN2O2S2. The zero-order chi connectivity index (χ0) is 13.6. The molecule has 2 rings (SSSR count). The Morgan fingerprint density at radius 2 is 2.15 bits per heavy atom. The molecule has 0 aromatic heterocycles. The van der Waals surface area contributed by atoms with E-state index in [1.165, 1.54) is 5.75 Å². The van der Waals surface area contributed by atoms with Crippen molar-refractivity contribution in [3.8, 4) is 0 Å². The summed E-state index contributed by atoms with van der Waals surface area (Å²) < 4.78 is 5.37. The lowest BCUT2D eigenvalue weighted by Crippen LogP contribution is -2.49. The maximum absolute atomic E-state index is 12.2. The highest BCUT2D eigenvalue weighted by molar-refractivity contribution is 8.07. The van der Waals surface area contributed by atoms with Gasteiger partial charge in [-0.05, 0) is 25.9 Å². The maximum atomic E-state index is 12.2. The molecule has 1 unspecified atom stereocenters. The van der Waals surface area contributed by atoms with Crippen molar-refractivity contribution in [1.29, 1.82) is 0 Å². The first kappa shape index (κ1) is 18.4. The number of piperidine rings is 1. The molecule has 7 heteroatoms. The molecule has 4 nitrogen and oxygen atoms in total. The molecule has 0 saturated carbocycles. The minimum atomic E-state index is 0. The highest BCUT2D eigenvalue weighted by Gasteiger charge is 2.33. The lowest BCUT2D eigenvalue weighted by Gasteiger charge is -2.37. The summed E-state index contributed by atoms with van der Waals surface area (Å²) in [7, 11) is 1.75. The van der Waals surface area contributed by atoms with Crippen LogP contribution in [0.15, 0.2) is 0 Å². The highest BCUT2D eigenvalue weighted by atomic mass is 35.5. The van der Waals surface area contributed by atoms with Gasteiger partial charge in [-0.3, -0.25) is 4.79 Å². The number of halogens is 1. The second-order valence-corrected chi connectivity index (χ2v) is 7.80. The smallest absolute Gasteiger partial charge is 0.233 e. The Hall–Kier alpha value is 0.380. The number of rotatable bonds is 5. The zero-order valence-corrected chi connectivity index (χ0v) is 14.4. The van der Waals surface area contributed by atoms with Crippen molar-refractivity contribution in [3.05, 3.63) is 0 Å². The molecule has 2 saturated heterocycles. The number of hydrogen-bond donors (Lipinski definition) is 2. The molecule has 118 valence electrons. The van der Waals surface area contributed by atoms with Gasteiger partial charge < -0.3 is 15.4 Å². The van der Waals surface area contributed by atoms with Crippen LogP contribution in [0.3, 0.4) is 0 Å². The number of methoxy groups -OCH3 is 1. The van der Waals surface area contributed by atoms with Gasteiger partial charge in [0.1, 0.15) is 0 Å². The molecule has 0 spiro atoms. The van der Waals surface area contributed by atoms with E-state index in [1.807, 2.05) is 11.8 Å². The lowest BCUT2D eigenvalue weighted by atomic mass is 9.79. The van der Waals surface area contributed by atoms with E-state index in [-0.39, 0.29) is 29.0 Å². The number of carbonyl (C=O) groups excluding carboxylic acids is 1. The predicted molar refractivity (Wildman–Crippen MR) is 90.2 cm³/mol. The quantitative estimate of drug-likeness (QED) is 0.792. The molecule has 0 aliphatic carbocycles. The van der Waals surface area contributed by atoms with E-state index in [0.29, 0.717) is 0 Å². The summed E-state index contributed by atoms with van der Waals surface area (Å²) in [5, 5.41) is 6.68. The van der Waals surface area contributed by atoms with E-state index in [1.54, 1.807) is 18.9 Å². The molecule has 2 heterocycles. The van der Waals surface area contributed by atoms with E-state index < -0.39 is 0 Å². The topological polar surface area (TPSA) is 50.4 Å². The molecule has 1 atom stereocenters. The standard InChI is InChI=1S/C13H24N2O2S2.ClH/c1-17-10-13(2-4-14-5-3-13)9-15-12(16)11-8-18-6-7-19-11;/h11,14H,2-10H2,1H3,(H,15,16);1H. The second-order valence-electron chi connectivity index (χ2n) is 5.34. The van der Waals surface area contributed by atoms with E-state index in [4.69, 9.17) is 4.74 Å². The van der Waals surface area contributed by atoms with E-state index in [0.717, 1.165) is 50.6 Å². The molecule has 2 fully saturated rings. The predicted octanol–water partition coefficient (Wildman–Crippen LogP) is 1.39. The van der Waals surface area contributed by atoms with Crippen LogP contribution < -0.4 is 10.6 Å². The fraction of sp³-hybridized carbons (Fsp3) is 0.923. The van der Waals surface area contributed by atoms with Crippen molar-refractivity contribution in [2.75, 3.05) is 50.6 Å². The fourth-order valence-electron chi connectivity index (χ4n) is 2.66. The van der Waals surface area contributed by atoms with Gasteiger partial charge in [-0.1, -0.05) is 0 Å². The summed E-state index contributed by atoms with van der Waals surface area (Å²) in [6.45, 7) is 3.53. The molecule has 0 aromatic rings. The highest BCUT2D eigenvalue weighted by Crippen LogP contribution is 2.29. The van der Waals surface area contributed by atoms with Gasteiger partial charge in [-0.25, -0.2) is 0 Å². The Kier molecular flexibility index (Phi) is 8.67. The van der Waals surface area contributed by atoms with Gasteiger partial charge in [0.25, 0.3) is 0 Å². The van der Waals surface area contributed by atoms with Crippen LogP contribution in [0.4, 0.5) is 0 Å². The number of nitrogens with one attached hydrogen (secondary N) is 2. The Bertz CT molecular complexity index is 291. The minimum absolute atomic E-state index is 0. The summed E-state index contributed by atoms with van der Waals surface area (Å²) in [5.74, 6) is 3.44. The van der Waals surface area contributed by atoms with Crippen LogP contribution in [0.25, 0.3) is 0 Å². The molecule has 2 aliphatic heterocycles. The van der Waals surface area contributed by atoms with Crippen LogP contribution in [-0.4, -0.2) is 61.8 Å². The first-order valence-electron chi connectivity index (χ1n) is 6.92. The largest absolute Gasteiger partial charge is 0.384 e. The van der Waals surface area contributed by atoms with Gasteiger partial charge in [0.2, 0.25) is 5.91 Å². The molecule has 0 radical (unpaired) electrons. The van der Waals surface area contributed by atoms with Gasteiger partial charge in [0.15, 0.2) is 0 Å². The Morgan fingerprint density at radius 3 is 2.75 bits per heavy atom. The molecule has 0 aromatic carbocycles. The normalized spacial score (nSPS) is 25.6. The molecule has 2 aliphatic rings. The Labute approximate surface area is 136 Å². The number of thioether (sulfide) groups is 2. The van der Waals surface area contributed by atoms with Crippen molar-refractivity contribution >= 4 is 41.8 Å². The summed E-state index contributed by atoms with van der Waals surface area (Å²) in [6, 6.07) is 0. The fourth-order valence-corrected chi connectivity index (χ4v) is 5.24. The van der Waals surface area contributed by atoms with Gasteiger partial charge in [0.05, 0.1) is 11.9 Å². The third-order valence-corrected chi connectivity index (χ3v) is 6.61. The molecule has 0 bridgehead atoms. The third-order valence-electron chi connectivity index (χ3n) is 3.86. The Balaban J connectivity index is 0.00000200. The number of carbonyl (C=O) groups is 1. The monoisotopic (exact) mass is 340 g/mol. The Morgan fingerprint density at radius 1 is 1.40 bits per heavy atom. The second kappa shape index (κ2) is 9.41. The molecular weight excluding hydrogens is 316 g/mol. The number of hydrogen-bond acceptors (Lipinski definition) is 5. The van der Waals surface area contributed by atoms with Crippen LogP contribution in [0, 0.1) is 5.41 Å². The first-order valence-corrected chi connectivity index (χ1v) is 9.13. The average Bonchev–Trinajstić information content (AvgIpc) is 2.47. The van der Waals surface area contributed by atoms with E-state index in [2.05, 4.69) is 10.6 Å². The van der Waals surface area contributed by atoms with Gasteiger partial charge in [-0.15, -0.1) is 24.2 Å². The van der Waals surface area contributed by atoms with Crippen molar-refractivity contribution in [1.82, 2.24) is 10.6 Å². The molecule has 2 N–H and O–H groups in total. The van der Waals surface area contributed by atoms with Crippen LogP contribution in [0.2, 0.25) is 0 Å². The van der Waals surface area contributed by atoms with E-state index in [9.17, 15) is 4.79 Å². The van der Waals surface area contributed by atoms with Gasteiger partial charge in [-0.2, -0.15) is 11.8 Å². The van der Waals surface area contributed by atoms with Crippen LogP contribution in [-0.2, 0) is 9.53 Å². The summed E-state index contributed by atoms with van der Waals surface area (Å²) in [5.41, 5.74) is 0.127. The van der Waals surface area contributed by atoms with Gasteiger partial charge >= 0.3 is 0 Å². The van der Waals surface area contributed by atoms with Crippen LogP contribution >= 0.6 is 35.9 Å². The SMILES string of the molecule is COCC1(CNC(=O)C2CSCCS2)CCNCC1.Cl. The third kappa shape index (κ3) is 5.30. The summed E-state index contributed by atoms with van der Waals surface area (Å²) in [4.78, 5) is 12.2. The number of amides is 1. The first-order chi connectivity index (χ1) is 9.26. The maximum Gasteiger partial charge on any atom is 0.233 e. The minimum Gasteiger partial charge on any atom is -0.384 e. The molecule has 20 heavy (non-hydrogen) atoms. The van der Waals surface area contributed by atoms with Crippen LogP contribution in [0.5, 0.6) is 0 Å². The van der Waals surface area contributed by atoms with Gasteiger partial charge in [0, 0.05) is 36.3 Å². The summed E-state index contributed by atoms with van der Waals surface area (Å²) >= 11 is 3.68. The van der Waals surface area contributed by atoms with Crippen molar-refractivity contribution in [2.24, 2.45) is 5.41 Å². The zero-order valence-electron chi connectivity index (χ0n) is 12.0. The van der Waals surface area contributed by atoms with Crippen molar-refractivity contribution < 1.29 is 9.53 Å². The summed E-state index contributed by atoms with van der Waals surface area (Å²) in [6.07, 6.45) is 2.15. The molecule has 1 amide bonds. The van der Waals surface area contributed by atoms with Crippen molar-refractivity contribution in [2.45, 2.75) is 18.1 Å². The van der Waals surface area contributed by atoms with Crippen molar-refractivity contribution in [3.63, 3.8) is 0 Å². The van der Waals surface area contributed by atoms with Crippen LogP contribution in [0.1, 0.15) is 12.8 Å². The van der Waals surface area contributed by atoms with E-state index >= 15 is 0 Å². The average molecular weight is 341 g/mol. The number of ether oxygens (including phenoxy) is 1.